The van der Waals surface area contributed by atoms with Gasteiger partial charge in [-0.2, -0.15) is 13.5 Å². The van der Waals surface area contributed by atoms with Crippen LogP contribution >= 0.6 is 13.5 Å². The Bertz CT molecular complexity index is 1250. The van der Waals surface area contributed by atoms with Crippen LogP contribution in [0.3, 0.4) is 0 Å². The molecule has 0 radical (unpaired) electrons. The maximum absolute atomic E-state index is 13.6. The molecule has 1 aromatic carbocycles. The molecule has 2 aliphatic carbocycles. The summed E-state index contributed by atoms with van der Waals surface area (Å²) in [6.45, 7) is 12.6. The van der Waals surface area contributed by atoms with Crippen LogP contribution in [0, 0.1) is 24.7 Å². The van der Waals surface area contributed by atoms with E-state index in [-0.39, 0.29) is 37.5 Å². The Kier molecular flexibility index (Phi) is 11.5. The Morgan fingerprint density at radius 2 is 1.90 bits per heavy atom. The number of nitrogens with zero attached hydrogens (tertiary/aromatic N) is 2. The van der Waals surface area contributed by atoms with Gasteiger partial charge in [-0.3, -0.25) is 9.59 Å². The summed E-state index contributed by atoms with van der Waals surface area (Å²) in [5.74, 6) is 1.14. The zero-order chi connectivity index (χ0) is 28.8. The van der Waals surface area contributed by atoms with Crippen LogP contribution in [0.2, 0.25) is 0 Å². The molecule has 4 rings (SSSR count). The van der Waals surface area contributed by atoms with E-state index in [1.54, 1.807) is 18.1 Å². The Morgan fingerprint density at radius 3 is 2.56 bits per heavy atom. The van der Waals surface area contributed by atoms with E-state index < -0.39 is 11.8 Å². The fourth-order valence-electron chi connectivity index (χ4n) is 5.69. The minimum absolute atomic E-state index is 0. The SMILES string of the molecule is C=CCCCCN(C)C(=O)[C@@H]1C[C@H](Oc2cc(OCC)nc3c(C)c(OC)ccc23)C[C@H]1C(=O)NC1C[C@H]1C=C.S. The first-order valence-corrected chi connectivity index (χ1v) is 14.4. The van der Waals surface area contributed by atoms with Crippen molar-refractivity contribution in [3.8, 4) is 17.4 Å². The maximum Gasteiger partial charge on any atom is 0.226 e. The Morgan fingerprint density at radius 1 is 1.15 bits per heavy atom. The molecule has 8 nitrogen and oxygen atoms in total. The standard InChI is InChI=1S/C32H43N3O5.H2S/c1-7-10-11-12-15-35(5)32(37)25-18-22(17-24(25)31(36)33-26-16-21(26)8-2)40-28-19-29(39-9-3)34-30-20(4)27(38-6)14-13-23(28)30;/h7-8,13-14,19,21-22,24-26H,1-2,9-12,15-18H2,3-6H3,(H,33,36);1H2/t21-,22-,24-,25-,26?;/m1./s1. The van der Waals surface area contributed by atoms with Crippen molar-refractivity contribution in [3.63, 3.8) is 0 Å². The number of unbranched alkanes of at least 4 members (excludes halogenated alkanes) is 2. The van der Waals surface area contributed by atoms with Crippen LogP contribution in [0.1, 0.15) is 51.0 Å². The van der Waals surface area contributed by atoms with Crippen LogP contribution in [0.4, 0.5) is 0 Å². The van der Waals surface area contributed by atoms with E-state index in [0.717, 1.165) is 47.9 Å². The summed E-state index contributed by atoms with van der Waals surface area (Å²) in [6.07, 6.45) is 8.09. The van der Waals surface area contributed by atoms with Crippen LogP contribution in [-0.4, -0.2) is 61.2 Å². The van der Waals surface area contributed by atoms with Gasteiger partial charge in [0.2, 0.25) is 17.7 Å². The second-order valence-electron chi connectivity index (χ2n) is 10.9. The average molecular weight is 584 g/mol. The first kappa shape index (κ1) is 32.3. The molecule has 1 heterocycles. The number of nitrogens with one attached hydrogen (secondary N) is 1. The molecule has 2 aromatic rings. The summed E-state index contributed by atoms with van der Waals surface area (Å²) in [4.78, 5) is 33.5. The molecular formula is C32H45N3O5S. The van der Waals surface area contributed by atoms with Crippen molar-refractivity contribution < 1.29 is 23.8 Å². The first-order valence-electron chi connectivity index (χ1n) is 14.4. The molecule has 1 N–H and O–H groups in total. The number of methoxy groups -OCH3 is 1. The normalized spacial score (nSPS) is 22.8. The zero-order valence-electron chi connectivity index (χ0n) is 24.8. The fraction of sp³-hybridized carbons (Fsp3) is 0.531. The summed E-state index contributed by atoms with van der Waals surface area (Å²) in [5.41, 5.74) is 1.63. The molecule has 2 fully saturated rings. The van der Waals surface area contributed by atoms with Gasteiger partial charge in [0.25, 0.3) is 0 Å². The minimum atomic E-state index is -0.458. The predicted octanol–water partition coefficient (Wildman–Crippen LogP) is 5.34. The van der Waals surface area contributed by atoms with Crippen molar-refractivity contribution in [2.75, 3.05) is 27.3 Å². The van der Waals surface area contributed by atoms with E-state index in [1.165, 1.54) is 0 Å². The fourth-order valence-corrected chi connectivity index (χ4v) is 5.69. The van der Waals surface area contributed by atoms with Crippen molar-refractivity contribution in [3.05, 3.63) is 49.1 Å². The third-order valence-corrected chi connectivity index (χ3v) is 8.10. The summed E-state index contributed by atoms with van der Waals surface area (Å²) in [6, 6.07) is 5.73. The predicted molar refractivity (Wildman–Crippen MR) is 167 cm³/mol. The third-order valence-electron chi connectivity index (χ3n) is 8.10. The van der Waals surface area contributed by atoms with Gasteiger partial charge in [0.1, 0.15) is 17.6 Å². The molecule has 0 spiro atoms. The lowest BCUT2D eigenvalue weighted by atomic mass is 9.93. The Balaban J connectivity index is 0.00000462. The highest BCUT2D eigenvalue weighted by molar-refractivity contribution is 7.59. The second kappa shape index (κ2) is 14.6. The lowest BCUT2D eigenvalue weighted by Crippen LogP contribution is -2.41. The van der Waals surface area contributed by atoms with Gasteiger partial charge in [-0.05, 0) is 70.4 Å². The van der Waals surface area contributed by atoms with Crippen molar-refractivity contribution >= 4 is 36.2 Å². The van der Waals surface area contributed by atoms with Crippen LogP contribution in [-0.2, 0) is 9.59 Å². The molecule has 5 atom stereocenters. The van der Waals surface area contributed by atoms with Gasteiger partial charge in [0.05, 0.1) is 31.1 Å². The Hall–Kier alpha value is -3.20. The number of aromatic nitrogens is 1. The topological polar surface area (TPSA) is 90.0 Å². The lowest BCUT2D eigenvalue weighted by molar-refractivity contribution is -0.139. The number of benzene rings is 1. The number of allylic oxidation sites excluding steroid dienone is 1. The zero-order valence-corrected chi connectivity index (χ0v) is 25.8. The number of hydrogen-bond donors (Lipinski definition) is 1. The molecule has 224 valence electrons. The first-order chi connectivity index (χ1) is 19.3. The number of aryl methyl sites for hydroxylation is 1. The summed E-state index contributed by atoms with van der Waals surface area (Å²) >= 11 is 0. The lowest BCUT2D eigenvalue weighted by Gasteiger charge is -2.24. The van der Waals surface area contributed by atoms with Gasteiger partial charge in [-0.25, -0.2) is 4.98 Å². The van der Waals surface area contributed by atoms with Gasteiger partial charge >= 0.3 is 0 Å². The summed E-state index contributed by atoms with van der Waals surface area (Å²) in [5, 5.41) is 3.99. The molecule has 2 aliphatic rings. The highest BCUT2D eigenvalue weighted by atomic mass is 32.1. The molecule has 2 amide bonds. The van der Waals surface area contributed by atoms with Gasteiger partial charge < -0.3 is 24.4 Å². The smallest absolute Gasteiger partial charge is 0.226 e. The molecule has 0 aliphatic heterocycles. The number of carbonyl (C=O) groups excluding carboxylic acids is 2. The van der Waals surface area contributed by atoms with Crippen molar-refractivity contribution in [2.24, 2.45) is 17.8 Å². The quantitative estimate of drug-likeness (QED) is 0.239. The number of hydrogen-bond acceptors (Lipinski definition) is 6. The molecule has 9 heteroatoms. The van der Waals surface area contributed by atoms with E-state index in [0.29, 0.717) is 43.5 Å². The Labute approximate surface area is 251 Å². The van der Waals surface area contributed by atoms with Crippen molar-refractivity contribution in [1.29, 1.82) is 0 Å². The second-order valence-corrected chi connectivity index (χ2v) is 10.9. The number of pyridine rings is 1. The van der Waals surface area contributed by atoms with Crippen molar-refractivity contribution in [2.45, 2.75) is 64.5 Å². The third kappa shape index (κ3) is 7.56. The van der Waals surface area contributed by atoms with Crippen LogP contribution in [0.25, 0.3) is 10.9 Å². The highest BCUT2D eigenvalue weighted by Gasteiger charge is 2.47. The van der Waals surface area contributed by atoms with Gasteiger partial charge in [-0.1, -0.05) is 12.2 Å². The number of rotatable bonds is 14. The average Bonchev–Trinajstić information content (AvgIpc) is 3.57. The van der Waals surface area contributed by atoms with E-state index >= 15 is 0 Å². The highest BCUT2D eigenvalue weighted by Crippen LogP contribution is 2.41. The molecule has 0 saturated heterocycles. The number of ether oxygens (including phenoxy) is 3. The van der Waals surface area contributed by atoms with Gasteiger partial charge in [-0.15, -0.1) is 13.2 Å². The van der Waals surface area contributed by atoms with Crippen LogP contribution in [0.15, 0.2) is 43.5 Å². The van der Waals surface area contributed by atoms with Gasteiger partial charge in [0, 0.05) is 36.7 Å². The van der Waals surface area contributed by atoms with E-state index in [2.05, 4.69) is 18.5 Å². The molecular weight excluding hydrogens is 538 g/mol. The van der Waals surface area contributed by atoms with E-state index in [4.69, 9.17) is 19.2 Å². The molecule has 0 bridgehead atoms. The molecule has 1 unspecified atom stereocenters. The largest absolute Gasteiger partial charge is 0.496 e. The molecule has 41 heavy (non-hydrogen) atoms. The van der Waals surface area contributed by atoms with Crippen LogP contribution < -0.4 is 19.5 Å². The van der Waals surface area contributed by atoms with E-state index in [9.17, 15) is 9.59 Å². The minimum Gasteiger partial charge on any atom is -0.496 e. The monoisotopic (exact) mass is 583 g/mol. The maximum atomic E-state index is 13.6. The summed E-state index contributed by atoms with van der Waals surface area (Å²) in [7, 11) is 3.46. The van der Waals surface area contributed by atoms with Crippen molar-refractivity contribution in [1.82, 2.24) is 15.2 Å². The molecule has 2 saturated carbocycles. The number of fused-ring (bicyclic) bond motifs is 1. The van der Waals surface area contributed by atoms with Gasteiger partial charge in [0.15, 0.2) is 0 Å². The van der Waals surface area contributed by atoms with Crippen LogP contribution in [0.5, 0.6) is 17.4 Å². The summed E-state index contributed by atoms with van der Waals surface area (Å²) < 4.78 is 17.8. The molecule has 1 aromatic heterocycles. The number of carbonyl (C=O) groups is 2. The number of amides is 2. The van der Waals surface area contributed by atoms with E-state index in [1.807, 2.05) is 45.2 Å².